The van der Waals surface area contributed by atoms with Crippen LogP contribution in [0, 0.1) is 0 Å². The van der Waals surface area contributed by atoms with Crippen LogP contribution in [0.25, 0.3) is 0 Å². The molecule has 0 aliphatic rings. The van der Waals surface area contributed by atoms with E-state index in [2.05, 4.69) is 13.2 Å². The molecular formula is C15H24NO6+. The molecule has 2 N–H and O–H groups in total. The standard InChI is InChI=1S/C15H23NO6/c1-10(6-13(17)18)11(2)7-15(21)22-12(8-14(19)20)9-16(3,4)5/h12H,1-2,6-9H2,3-5H3,(H-,17,18,19,20)/p+1. The number of aliphatic carboxylic acids is 2. The fourth-order valence-corrected chi connectivity index (χ4v) is 1.78. The highest BCUT2D eigenvalue weighted by Gasteiger charge is 2.25. The Balaban J connectivity index is 4.62. The molecule has 0 aliphatic heterocycles. The highest BCUT2D eigenvalue weighted by Crippen LogP contribution is 2.16. The van der Waals surface area contributed by atoms with Crippen LogP contribution in [0.15, 0.2) is 24.3 Å². The van der Waals surface area contributed by atoms with Crippen LogP contribution in [0.1, 0.15) is 19.3 Å². The Morgan fingerprint density at radius 3 is 1.91 bits per heavy atom. The second-order valence-electron chi connectivity index (χ2n) is 6.14. The van der Waals surface area contributed by atoms with Gasteiger partial charge in [-0.25, -0.2) is 0 Å². The molecule has 7 heteroatoms. The summed E-state index contributed by atoms with van der Waals surface area (Å²) in [6.45, 7) is 7.50. The number of esters is 1. The van der Waals surface area contributed by atoms with E-state index in [9.17, 15) is 14.4 Å². The third-order valence-corrected chi connectivity index (χ3v) is 2.67. The van der Waals surface area contributed by atoms with Gasteiger partial charge in [0.2, 0.25) is 0 Å². The first-order valence-electron chi connectivity index (χ1n) is 6.70. The van der Waals surface area contributed by atoms with E-state index in [0.717, 1.165) is 0 Å². The Morgan fingerprint density at radius 1 is 1.00 bits per heavy atom. The molecule has 0 rings (SSSR count). The number of carbonyl (C=O) groups is 3. The predicted molar refractivity (Wildman–Crippen MR) is 80.2 cm³/mol. The zero-order chi connectivity index (χ0) is 17.5. The fourth-order valence-electron chi connectivity index (χ4n) is 1.78. The minimum absolute atomic E-state index is 0.209. The zero-order valence-electron chi connectivity index (χ0n) is 13.3. The highest BCUT2D eigenvalue weighted by atomic mass is 16.5. The van der Waals surface area contributed by atoms with Gasteiger partial charge in [-0.3, -0.25) is 14.4 Å². The molecular weight excluding hydrogens is 290 g/mol. The van der Waals surface area contributed by atoms with Gasteiger partial charge in [-0.05, 0) is 11.1 Å². The van der Waals surface area contributed by atoms with Gasteiger partial charge in [0.25, 0.3) is 0 Å². The number of nitrogens with zero attached hydrogens (tertiary/aromatic N) is 1. The van der Waals surface area contributed by atoms with Crippen LogP contribution >= 0.6 is 0 Å². The van der Waals surface area contributed by atoms with Crippen molar-refractivity contribution in [3.8, 4) is 0 Å². The Morgan fingerprint density at radius 2 is 1.50 bits per heavy atom. The highest BCUT2D eigenvalue weighted by molar-refractivity contribution is 5.77. The summed E-state index contributed by atoms with van der Waals surface area (Å²) in [4.78, 5) is 33.3. The summed E-state index contributed by atoms with van der Waals surface area (Å²) in [6.07, 6.45) is -1.56. The van der Waals surface area contributed by atoms with Crippen molar-refractivity contribution >= 4 is 17.9 Å². The van der Waals surface area contributed by atoms with E-state index in [0.29, 0.717) is 11.0 Å². The number of hydrogen-bond acceptors (Lipinski definition) is 4. The van der Waals surface area contributed by atoms with E-state index < -0.39 is 24.0 Å². The molecule has 124 valence electrons. The molecule has 0 aromatic rings. The quantitative estimate of drug-likeness (QED) is 0.355. The van der Waals surface area contributed by atoms with Gasteiger partial charge in [0.1, 0.15) is 6.54 Å². The van der Waals surface area contributed by atoms with Crippen LogP contribution in [0.3, 0.4) is 0 Å². The summed E-state index contributed by atoms with van der Waals surface area (Å²) in [5.41, 5.74) is 0.512. The number of hydrogen-bond donors (Lipinski definition) is 2. The van der Waals surface area contributed by atoms with Gasteiger partial charge in [0.05, 0.1) is 40.4 Å². The molecule has 0 aliphatic carbocycles. The maximum absolute atomic E-state index is 11.8. The van der Waals surface area contributed by atoms with Gasteiger partial charge in [-0.15, -0.1) is 0 Å². The van der Waals surface area contributed by atoms with E-state index >= 15 is 0 Å². The monoisotopic (exact) mass is 314 g/mol. The number of carboxylic acid groups (broad SMARTS) is 2. The number of quaternary nitrogens is 1. The molecule has 1 unspecified atom stereocenters. The molecule has 0 saturated heterocycles. The normalized spacial score (nSPS) is 12.3. The van der Waals surface area contributed by atoms with E-state index in [1.165, 1.54) is 0 Å². The van der Waals surface area contributed by atoms with Crippen LogP contribution in [-0.4, -0.2) is 66.4 Å². The lowest BCUT2D eigenvalue weighted by Crippen LogP contribution is -2.43. The van der Waals surface area contributed by atoms with E-state index in [4.69, 9.17) is 14.9 Å². The summed E-state index contributed by atoms with van der Waals surface area (Å²) < 4.78 is 5.62. The Bertz CT molecular complexity index is 475. The second-order valence-corrected chi connectivity index (χ2v) is 6.14. The lowest BCUT2D eigenvalue weighted by Gasteiger charge is -2.28. The molecule has 0 aromatic heterocycles. The molecule has 22 heavy (non-hydrogen) atoms. The van der Waals surface area contributed by atoms with E-state index in [1.807, 2.05) is 21.1 Å². The van der Waals surface area contributed by atoms with Crippen LogP contribution < -0.4 is 0 Å². The first-order chi connectivity index (χ1) is 9.90. The predicted octanol–water partition coefficient (Wildman–Crippen LogP) is 1.06. The van der Waals surface area contributed by atoms with Gasteiger partial charge >= 0.3 is 17.9 Å². The Hall–Kier alpha value is -2.15. The lowest BCUT2D eigenvalue weighted by molar-refractivity contribution is -0.873. The van der Waals surface area contributed by atoms with Crippen LogP contribution in [-0.2, 0) is 19.1 Å². The molecule has 0 heterocycles. The zero-order valence-corrected chi connectivity index (χ0v) is 13.3. The fraction of sp³-hybridized carbons (Fsp3) is 0.533. The van der Waals surface area contributed by atoms with Crippen molar-refractivity contribution in [2.45, 2.75) is 25.4 Å². The second kappa shape index (κ2) is 8.33. The third-order valence-electron chi connectivity index (χ3n) is 2.67. The van der Waals surface area contributed by atoms with Crippen LogP contribution in [0.5, 0.6) is 0 Å². The molecule has 0 amide bonds. The summed E-state index contributed by atoms with van der Waals surface area (Å²) in [6, 6.07) is 0. The average molecular weight is 314 g/mol. The van der Waals surface area contributed by atoms with Crippen LogP contribution in [0.2, 0.25) is 0 Å². The van der Waals surface area contributed by atoms with Crippen LogP contribution in [0.4, 0.5) is 0 Å². The van der Waals surface area contributed by atoms with E-state index in [-0.39, 0.29) is 30.4 Å². The van der Waals surface area contributed by atoms with Crippen molar-refractivity contribution in [1.82, 2.24) is 0 Å². The van der Waals surface area contributed by atoms with Crippen molar-refractivity contribution in [3.63, 3.8) is 0 Å². The lowest BCUT2D eigenvalue weighted by atomic mass is 10.0. The molecule has 0 bridgehead atoms. The van der Waals surface area contributed by atoms with Gasteiger partial charge < -0.3 is 19.4 Å². The summed E-state index contributed by atoms with van der Waals surface area (Å²) in [7, 11) is 5.57. The van der Waals surface area contributed by atoms with Crippen molar-refractivity contribution in [1.29, 1.82) is 0 Å². The first kappa shape index (κ1) is 19.9. The molecule has 1 atom stereocenters. The molecule has 0 aromatic carbocycles. The van der Waals surface area contributed by atoms with Gasteiger partial charge in [0, 0.05) is 0 Å². The summed E-state index contributed by atoms with van der Waals surface area (Å²) in [5, 5.41) is 17.5. The minimum atomic E-state index is -1.06. The van der Waals surface area contributed by atoms with E-state index in [1.54, 1.807) is 0 Å². The molecule has 0 radical (unpaired) electrons. The number of carbonyl (C=O) groups excluding carboxylic acids is 1. The third kappa shape index (κ3) is 9.71. The maximum atomic E-state index is 11.8. The Labute approximate surface area is 130 Å². The summed E-state index contributed by atoms with van der Waals surface area (Å²) in [5.74, 6) is -2.76. The average Bonchev–Trinajstić information content (AvgIpc) is 2.23. The number of rotatable bonds is 10. The number of carboxylic acids is 2. The van der Waals surface area contributed by atoms with Gasteiger partial charge in [0.15, 0.2) is 6.10 Å². The SMILES string of the molecule is C=C(CC(=O)O)C(=C)CC(=O)OC(CC(=O)O)C[N+](C)(C)C. The van der Waals surface area contributed by atoms with Crippen molar-refractivity contribution in [2.75, 3.05) is 27.7 Å². The Kier molecular flexibility index (Phi) is 7.52. The molecule has 0 spiro atoms. The summed E-state index contributed by atoms with van der Waals surface area (Å²) >= 11 is 0. The van der Waals surface area contributed by atoms with Gasteiger partial charge in [-0.1, -0.05) is 13.2 Å². The molecule has 0 fully saturated rings. The minimum Gasteiger partial charge on any atom is -0.481 e. The first-order valence-corrected chi connectivity index (χ1v) is 6.70. The molecule has 0 saturated carbocycles. The number of likely N-dealkylation sites (N-methyl/N-ethyl adjacent to an activating group) is 1. The smallest absolute Gasteiger partial charge is 0.310 e. The topological polar surface area (TPSA) is 101 Å². The molecule has 7 nitrogen and oxygen atoms in total. The maximum Gasteiger partial charge on any atom is 0.310 e. The largest absolute Gasteiger partial charge is 0.481 e. The number of ether oxygens (including phenoxy) is 1. The van der Waals surface area contributed by atoms with Crippen molar-refractivity contribution in [2.24, 2.45) is 0 Å². The van der Waals surface area contributed by atoms with Gasteiger partial charge in [-0.2, -0.15) is 0 Å². The van der Waals surface area contributed by atoms with Crippen molar-refractivity contribution < 1.29 is 33.8 Å². The van der Waals surface area contributed by atoms with Crippen molar-refractivity contribution in [3.05, 3.63) is 24.3 Å².